The zero-order chi connectivity index (χ0) is 25.0. The summed E-state index contributed by atoms with van der Waals surface area (Å²) in [4.78, 5) is 28.5. The number of hydrogen-bond donors (Lipinski definition) is 1. The number of hydrogen-bond acceptors (Lipinski definition) is 3. The second kappa shape index (κ2) is 13.5. The largest absolute Gasteiger partial charge is 0.484 e. The van der Waals surface area contributed by atoms with Gasteiger partial charge >= 0.3 is 0 Å². The predicted molar refractivity (Wildman–Crippen MR) is 141 cm³/mol. The van der Waals surface area contributed by atoms with Crippen molar-refractivity contribution in [3.8, 4) is 5.75 Å². The topological polar surface area (TPSA) is 58.6 Å². The molecule has 0 heterocycles. The average Bonchev–Trinajstić information content (AvgIpc) is 2.86. The van der Waals surface area contributed by atoms with Crippen LogP contribution in [0.15, 0.2) is 78.9 Å². The Morgan fingerprint density at radius 3 is 2.46 bits per heavy atom. The highest BCUT2D eigenvalue weighted by molar-refractivity contribution is 6.31. The SMILES string of the molecule is CCCCNC(=O)C(Cc1ccccc1)N(Cc1ccccc1Cl)C(=O)COc1cccc(C)c1. The van der Waals surface area contributed by atoms with Crippen LogP contribution in [0.25, 0.3) is 0 Å². The molecule has 0 radical (unpaired) electrons. The molecule has 0 aliphatic heterocycles. The van der Waals surface area contributed by atoms with Gasteiger partial charge in [-0.3, -0.25) is 9.59 Å². The van der Waals surface area contributed by atoms with Gasteiger partial charge in [0, 0.05) is 24.5 Å². The first-order valence-corrected chi connectivity index (χ1v) is 12.4. The number of carbonyl (C=O) groups is 2. The van der Waals surface area contributed by atoms with Crippen molar-refractivity contribution in [2.24, 2.45) is 0 Å². The summed E-state index contributed by atoms with van der Waals surface area (Å²) in [5, 5.41) is 3.57. The molecule has 3 aromatic carbocycles. The van der Waals surface area contributed by atoms with Crippen LogP contribution >= 0.6 is 11.6 Å². The summed E-state index contributed by atoms with van der Waals surface area (Å²) in [7, 11) is 0. The Hall–Kier alpha value is -3.31. The van der Waals surface area contributed by atoms with Crippen molar-refractivity contribution >= 4 is 23.4 Å². The van der Waals surface area contributed by atoms with Gasteiger partial charge in [-0.15, -0.1) is 0 Å². The van der Waals surface area contributed by atoms with Crippen LogP contribution in [0.3, 0.4) is 0 Å². The van der Waals surface area contributed by atoms with Crippen LogP contribution in [0, 0.1) is 6.92 Å². The van der Waals surface area contributed by atoms with Crippen LogP contribution in [0.2, 0.25) is 5.02 Å². The van der Waals surface area contributed by atoms with Gasteiger partial charge in [0.25, 0.3) is 5.91 Å². The summed E-state index contributed by atoms with van der Waals surface area (Å²) >= 11 is 6.44. The fourth-order valence-corrected chi connectivity index (χ4v) is 4.00. The van der Waals surface area contributed by atoms with E-state index in [1.165, 1.54) is 0 Å². The first-order chi connectivity index (χ1) is 17.0. The second-order valence-corrected chi connectivity index (χ2v) is 8.98. The molecule has 1 atom stereocenters. The molecule has 0 aliphatic rings. The third-order valence-corrected chi connectivity index (χ3v) is 6.12. The van der Waals surface area contributed by atoms with Crippen molar-refractivity contribution in [2.45, 2.75) is 45.7 Å². The van der Waals surface area contributed by atoms with E-state index in [2.05, 4.69) is 12.2 Å². The quantitative estimate of drug-likeness (QED) is 0.335. The molecule has 184 valence electrons. The van der Waals surface area contributed by atoms with Crippen molar-refractivity contribution in [1.29, 1.82) is 0 Å². The van der Waals surface area contributed by atoms with Gasteiger partial charge in [0.1, 0.15) is 11.8 Å². The Balaban J connectivity index is 1.89. The van der Waals surface area contributed by atoms with Gasteiger partial charge in [-0.05, 0) is 48.2 Å². The van der Waals surface area contributed by atoms with Gasteiger partial charge in [0.15, 0.2) is 6.61 Å². The number of benzene rings is 3. The van der Waals surface area contributed by atoms with Crippen LogP contribution in [0.4, 0.5) is 0 Å². The predicted octanol–water partition coefficient (Wildman–Crippen LogP) is 5.58. The Bertz CT molecular complexity index is 1100. The van der Waals surface area contributed by atoms with E-state index in [1.807, 2.05) is 79.7 Å². The zero-order valence-corrected chi connectivity index (χ0v) is 21.1. The third kappa shape index (κ3) is 8.15. The number of halogens is 1. The third-order valence-electron chi connectivity index (χ3n) is 5.75. The number of unbranched alkanes of at least 4 members (excludes halogenated alkanes) is 1. The van der Waals surface area contributed by atoms with Crippen LogP contribution in [0.1, 0.15) is 36.5 Å². The number of aryl methyl sites for hydroxylation is 1. The molecule has 2 amide bonds. The lowest BCUT2D eigenvalue weighted by molar-refractivity contribution is -0.142. The van der Waals surface area contributed by atoms with E-state index >= 15 is 0 Å². The van der Waals surface area contributed by atoms with Gasteiger partial charge in [0.2, 0.25) is 5.91 Å². The minimum absolute atomic E-state index is 0.179. The van der Waals surface area contributed by atoms with Gasteiger partial charge in [0.05, 0.1) is 0 Å². The van der Waals surface area contributed by atoms with Crippen molar-refractivity contribution < 1.29 is 14.3 Å². The van der Waals surface area contributed by atoms with E-state index in [0.717, 1.165) is 29.5 Å². The number of rotatable bonds is 12. The van der Waals surface area contributed by atoms with E-state index in [4.69, 9.17) is 16.3 Å². The van der Waals surface area contributed by atoms with Gasteiger partial charge in [-0.1, -0.05) is 85.6 Å². The summed E-state index contributed by atoms with van der Waals surface area (Å²) < 4.78 is 5.82. The standard InChI is InChI=1S/C29H33ClN2O3/c1-3-4-17-31-29(34)27(19-23-12-6-5-7-13-23)32(20-24-14-8-9-16-26(24)30)28(33)21-35-25-15-10-11-22(2)18-25/h5-16,18,27H,3-4,17,19-21H2,1-2H3,(H,31,34). The lowest BCUT2D eigenvalue weighted by atomic mass is 10.0. The molecule has 1 unspecified atom stereocenters. The molecule has 35 heavy (non-hydrogen) atoms. The minimum Gasteiger partial charge on any atom is -0.484 e. The number of nitrogens with zero attached hydrogens (tertiary/aromatic N) is 1. The lowest BCUT2D eigenvalue weighted by Crippen LogP contribution is -2.51. The molecule has 0 spiro atoms. The number of amides is 2. The maximum Gasteiger partial charge on any atom is 0.261 e. The van der Waals surface area contributed by atoms with Crippen molar-refractivity contribution in [3.05, 3.63) is 101 Å². The van der Waals surface area contributed by atoms with Crippen molar-refractivity contribution in [3.63, 3.8) is 0 Å². The highest BCUT2D eigenvalue weighted by Gasteiger charge is 2.31. The van der Waals surface area contributed by atoms with E-state index in [9.17, 15) is 9.59 Å². The Kier molecular flexibility index (Phi) is 10.2. The van der Waals surface area contributed by atoms with E-state index < -0.39 is 6.04 Å². The summed E-state index contributed by atoms with van der Waals surface area (Å²) in [6, 6.07) is 24.0. The van der Waals surface area contributed by atoms with Crippen LogP contribution in [-0.4, -0.2) is 35.9 Å². The van der Waals surface area contributed by atoms with Gasteiger partial charge in [-0.25, -0.2) is 0 Å². The zero-order valence-electron chi connectivity index (χ0n) is 20.4. The van der Waals surface area contributed by atoms with Crippen molar-refractivity contribution in [1.82, 2.24) is 10.2 Å². The molecule has 0 saturated carbocycles. The van der Waals surface area contributed by atoms with E-state index in [1.54, 1.807) is 11.0 Å². The summed E-state index contributed by atoms with van der Waals surface area (Å²) in [6.45, 7) is 4.63. The van der Waals surface area contributed by atoms with E-state index in [-0.39, 0.29) is 25.0 Å². The van der Waals surface area contributed by atoms with Crippen LogP contribution in [0.5, 0.6) is 5.75 Å². The van der Waals surface area contributed by atoms with Crippen LogP contribution in [-0.2, 0) is 22.6 Å². The second-order valence-electron chi connectivity index (χ2n) is 8.57. The average molecular weight is 493 g/mol. The maximum atomic E-state index is 13.6. The Morgan fingerprint density at radius 2 is 1.74 bits per heavy atom. The molecule has 3 rings (SSSR count). The Labute approximate surface area is 213 Å². The molecule has 6 heteroatoms. The maximum absolute atomic E-state index is 13.6. The molecule has 0 aromatic heterocycles. The normalized spacial score (nSPS) is 11.5. The molecule has 5 nitrogen and oxygen atoms in total. The highest BCUT2D eigenvalue weighted by Crippen LogP contribution is 2.21. The molecule has 0 saturated heterocycles. The number of carbonyl (C=O) groups excluding carboxylic acids is 2. The van der Waals surface area contributed by atoms with Crippen LogP contribution < -0.4 is 10.1 Å². The molecular formula is C29H33ClN2O3. The monoisotopic (exact) mass is 492 g/mol. The number of nitrogens with one attached hydrogen (secondary N) is 1. The summed E-state index contributed by atoms with van der Waals surface area (Å²) in [5.74, 6) is 0.152. The first-order valence-electron chi connectivity index (χ1n) is 12.0. The molecule has 0 aliphatic carbocycles. The highest BCUT2D eigenvalue weighted by atomic mass is 35.5. The van der Waals surface area contributed by atoms with Crippen molar-refractivity contribution in [2.75, 3.05) is 13.2 Å². The fraction of sp³-hybridized carbons (Fsp3) is 0.310. The molecule has 0 fully saturated rings. The van der Waals surface area contributed by atoms with Gasteiger partial charge < -0.3 is 15.0 Å². The molecule has 1 N–H and O–H groups in total. The number of ether oxygens (including phenoxy) is 1. The molecule has 0 bridgehead atoms. The van der Waals surface area contributed by atoms with Gasteiger partial charge in [-0.2, -0.15) is 0 Å². The summed E-state index contributed by atoms with van der Waals surface area (Å²) in [5.41, 5.74) is 2.79. The Morgan fingerprint density at radius 1 is 1.00 bits per heavy atom. The smallest absolute Gasteiger partial charge is 0.261 e. The lowest BCUT2D eigenvalue weighted by Gasteiger charge is -2.31. The summed E-state index contributed by atoms with van der Waals surface area (Å²) in [6.07, 6.45) is 2.23. The first kappa shape index (κ1) is 26.3. The molecular weight excluding hydrogens is 460 g/mol. The minimum atomic E-state index is -0.709. The molecule has 3 aromatic rings. The van der Waals surface area contributed by atoms with E-state index in [0.29, 0.717) is 23.7 Å². The fourth-order valence-electron chi connectivity index (χ4n) is 3.80.